The lowest BCUT2D eigenvalue weighted by Gasteiger charge is -2.14. The summed E-state index contributed by atoms with van der Waals surface area (Å²) in [6.07, 6.45) is 5.36. The first-order valence-electron chi connectivity index (χ1n) is 8.50. The summed E-state index contributed by atoms with van der Waals surface area (Å²) in [5, 5.41) is 12.5. The van der Waals surface area contributed by atoms with Gasteiger partial charge >= 0.3 is 0 Å². The van der Waals surface area contributed by atoms with E-state index in [1.54, 1.807) is 24.3 Å². The lowest BCUT2D eigenvalue weighted by Crippen LogP contribution is -2.36. The Balaban J connectivity index is 1.65. The van der Waals surface area contributed by atoms with Crippen LogP contribution in [0.5, 0.6) is 5.75 Å². The van der Waals surface area contributed by atoms with Crippen LogP contribution in [0.25, 0.3) is 6.08 Å². The molecule has 1 aliphatic heterocycles. The van der Waals surface area contributed by atoms with Gasteiger partial charge < -0.3 is 10.4 Å². The molecule has 1 aliphatic rings. The highest BCUT2D eigenvalue weighted by molar-refractivity contribution is 8.26. The third-order valence-electron chi connectivity index (χ3n) is 3.94. The molecule has 1 fully saturated rings. The van der Waals surface area contributed by atoms with Crippen LogP contribution < -0.4 is 5.32 Å². The minimum Gasteiger partial charge on any atom is -0.506 e. The SMILES string of the molecule is Cc1ccc(O)c(NC(=O)CN2C(=O)/C(=C/C=C/c3ccccc3)SC2=S)c1. The second-order valence-corrected chi connectivity index (χ2v) is 7.80. The Bertz CT molecular complexity index is 984. The summed E-state index contributed by atoms with van der Waals surface area (Å²) in [5.74, 6) is -0.773. The second kappa shape index (κ2) is 8.86. The molecule has 2 amide bonds. The maximum atomic E-state index is 12.6. The molecule has 2 aromatic rings. The first-order valence-corrected chi connectivity index (χ1v) is 9.73. The van der Waals surface area contributed by atoms with Crippen molar-refractivity contribution in [1.82, 2.24) is 4.90 Å². The predicted octanol–water partition coefficient (Wildman–Crippen LogP) is 4.10. The number of phenols is 1. The van der Waals surface area contributed by atoms with Crippen molar-refractivity contribution in [1.29, 1.82) is 0 Å². The molecule has 0 bridgehead atoms. The van der Waals surface area contributed by atoms with Gasteiger partial charge in [-0.15, -0.1) is 0 Å². The van der Waals surface area contributed by atoms with E-state index in [-0.39, 0.29) is 18.2 Å². The van der Waals surface area contributed by atoms with Crippen LogP contribution in [0.3, 0.4) is 0 Å². The summed E-state index contributed by atoms with van der Waals surface area (Å²) < 4.78 is 0.327. The topological polar surface area (TPSA) is 69.6 Å². The van der Waals surface area contributed by atoms with Crippen LogP contribution >= 0.6 is 24.0 Å². The van der Waals surface area contributed by atoms with Gasteiger partial charge in [0.05, 0.1) is 10.6 Å². The number of phenolic OH excluding ortho intramolecular Hbond substituents is 1. The van der Waals surface area contributed by atoms with Gasteiger partial charge in [-0.2, -0.15) is 0 Å². The Hall–Kier alpha value is -2.90. The van der Waals surface area contributed by atoms with Gasteiger partial charge in [-0.05, 0) is 36.3 Å². The van der Waals surface area contributed by atoms with E-state index in [0.717, 1.165) is 22.9 Å². The molecule has 0 aromatic heterocycles. The van der Waals surface area contributed by atoms with Crippen molar-refractivity contribution < 1.29 is 14.7 Å². The molecule has 0 aliphatic carbocycles. The van der Waals surface area contributed by atoms with E-state index in [2.05, 4.69) is 5.32 Å². The van der Waals surface area contributed by atoms with E-state index >= 15 is 0 Å². The Morgan fingerprint density at radius 1 is 1.25 bits per heavy atom. The number of carbonyl (C=O) groups excluding carboxylic acids is 2. The number of hydrogen-bond donors (Lipinski definition) is 2. The maximum absolute atomic E-state index is 12.6. The summed E-state index contributed by atoms with van der Waals surface area (Å²) >= 11 is 6.40. The molecule has 142 valence electrons. The van der Waals surface area contributed by atoms with Gasteiger partial charge in [-0.3, -0.25) is 14.5 Å². The van der Waals surface area contributed by atoms with Crippen LogP contribution in [0.2, 0.25) is 0 Å². The van der Waals surface area contributed by atoms with Crippen molar-refractivity contribution in [3.63, 3.8) is 0 Å². The molecule has 1 saturated heterocycles. The number of thioether (sulfide) groups is 1. The fourth-order valence-electron chi connectivity index (χ4n) is 2.54. The molecule has 7 heteroatoms. The van der Waals surface area contributed by atoms with Gasteiger partial charge in [0.2, 0.25) is 5.91 Å². The fraction of sp³-hybridized carbons (Fsp3) is 0.0952. The molecule has 0 atom stereocenters. The van der Waals surface area contributed by atoms with Gasteiger partial charge in [0, 0.05) is 0 Å². The molecule has 0 spiro atoms. The number of allylic oxidation sites excluding steroid dienone is 2. The van der Waals surface area contributed by atoms with Crippen LogP contribution in [0.1, 0.15) is 11.1 Å². The van der Waals surface area contributed by atoms with Crippen molar-refractivity contribution in [3.8, 4) is 5.75 Å². The van der Waals surface area contributed by atoms with Crippen LogP contribution in [-0.4, -0.2) is 32.7 Å². The number of amides is 2. The molecule has 2 N–H and O–H groups in total. The highest BCUT2D eigenvalue weighted by atomic mass is 32.2. The van der Waals surface area contributed by atoms with Gasteiger partial charge in [-0.1, -0.05) is 72.5 Å². The number of nitrogens with one attached hydrogen (secondary N) is 1. The molecule has 0 saturated carbocycles. The van der Waals surface area contributed by atoms with Crippen molar-refractivity contribution >= 4 is 51.9 Å². The highest BCUT2D eigenvalue weighted by Gasteiger charge is 2.33. The second-order valence-electron chi connectivity index (χ2n) is 6.13. The minimum absolute atomic E-state index is 0.0321. The molecular weight excluding hydrogens is 392 g/mol. The number of thiocarbonyl (C=S) groups is 1. The Morgan fingerprint density at radius 2 is 2.00 bits per heavy atom. The monoisotopic (exact) mass is 410 g/mol. The van der Waals surface area contributed by atoms with E-state index in [0.29, 0.717) is 14.9 Å². The van der Waals surface area contributed by atoms with Crippen LogP contribution in [0.15, 0.2) is 65.6 Å². The zero-order chi connectivity index (χ0) is 20.1. The third kappa shape index (κ3) is 4.88. The van der Waals surface area contributed by atoms with E-state index < -0.39 is 5.91 Å². The largest absolute Gasteiger partial charge is 0.506 e. The Kier molecular flexibility index (Phi) is 6.28. The van der Waals surface area contributed by atoms with Gasteiger partial charge in [0.1, 0.15) is 16.6 Å². The summed E-state index contributed by atoms with van der Waals surface area (Å²) in [6.45, 7) is 1.64. The zero-order valence-electron chi connectivity index (χ0n) is 15.1. The quantitative estimate of drug-likeness (QED) is 0.441. The van der Waals surface area contributed by atoms with E-state index in [4.69, 9.17) is 12.2 Å². The van der Waals surface area contributed by atoms with Crippen LogP contribution in [0.4, 0.5) is 5.69 Å². The van der Waals surface area contributed by atoms with Gasteiger partial charge in [0.25, 0.3) is 5.91 Å². The summed E-state index contributed by atoms with van der Waals surface area (Å²) in [5.41, 5.74) is 2.22. The predicted molar refractivity (Wildman–Crippen MR) is 117 cm³/mol. The Labute approximate surface area is 172 Å². The first-order chi connectivity index (χ1) is 13.4. The zero-order valence-corrected chi connectivity index (χ0v) is 16.7. The van der Waals surface area contributed by atoms with Crippen LogP contribution in [0, 0.1) is 6.92 Å². The molecule has 2 aromatic carbocycles. The van der Waals surface area contributed by atoms with Crippen LogP contribution in [-0.2, 0) is 9.59 Å². The molecule has 3 rings (SSSR count). The molecule has 28 heavy (non-hydrogen) atoms. The van der Waals surface area contributed by atoms with Gasteiger partial charge in [-0.25, -0.2) is 0 Å². The van der Waals surface area contributed by atoms with E-state index in [1.165, 1.54) is 11.0 Å². The average molecular weight is 411 g/mol. The summed E-state index contributed by atoms with van der Waals surface area (Å²) in [6, 6.07) is 14.6. The number of aryl methyl sites for hydroxylation is 1. The molecular formula is C21H18N2O3S2. The number of benzene rings is 2. The maximum Gasteiger partial charge on any atom is 0.266 e. The fourth-order valence-corrected chi connectivity index (χ4v) is 3.75. The van der Waals surface area contributed by atoms with E-state index in [9.17, 15) is 14.7 Å². The summed E-state index contributed by atoms with van der Waals surface area (Å²) in [4.78, 5) is 26.6. The normalized spacial score (nSPS) is 15.6. The van der Waals surface area contributed by atoms with Crippen molar-refractivity contribution in [2.24, 2.45) is 0 Å². The smallest absolute Gasteiger partial charge is 0.266 e. The molecule has 5 nitrogen and oxygen atoms in total. The first kappa shape index (κ1) is 19.9. The standard InChI is InChI=1S/C21H18N2O3S2/c1-14-10-11-17(24)16(12-14)22-19(25)13-23-20(26)18(28-21(23)27)9-5-8-15-6-3-2-4-7-15/h2-12,24H,13H2,1H3,(H,22,25)/b8-5+,18-9-. The van der Waals surface area contributed by atoms with Crippen molar-refractivity contribution in [2.45, 2.75) is 6.92 Å². The molecule has 0 radical (unpaired) electrons. The van der Waals surface area contributed by atoms with Gasteiger partial charge in [0.15, 0.2) is 0 Å². The number of anilines is 1. The van der Waals surface area contributed by atoms with E-state index in [1.807, 2.05) is 43.3 Å². The lowest BCUT2D eigenvalue weighted by atomic mass is 10.2. The lowest BCUT2D eigenvalue weighted by molar-refractivity contribution is -0.126. The molecule has 0 unspecified atom stereocenters. The number of rotatable bonds is 5. The number of nitrogens with zero attached hydrogens (tertiary/aromatic N) is 1. The van der Waals surface area contributed by atoms with Crippen molar-refractivity contribution in [3.05, 3.63) is 76.7 Å². The van der Waals surface area contributed by atoms with Crippen molar-refractivity contribution in [2.75, 3.05) is 11.9 Å². The summed E-state index contributed by atoms with van der Waals surface area (Å²) in [7, 11) is 0. The number of carbonyl (C=O) groups is 2. The minimum atomic E-state index is -0.432. The Morgan fingerprint density at radius 3 is 2.75 bits per heavy atom. The molecule has 1 heterocycles. The third-order valence-corrected chi connectivity index (χ3v) is 5.33. The number of aromatic hydroxyl groups is 1. The highest BCUT2D eigenvalue weighted by Crippen LogP contribution is 2.31. The number of hydrogen-bond acceptors (Lipinski definition) is 5. The average Bonchev–Trinajstić information content (AvgIpc) is 2.93.